The first kappa shape index (κ1) is 21.3. The van der Waals surface area contributed by atoms with E-state index in [1.807, 2.05) is 24.3 Å². The lowest BCUT2D eigenvalue weighted by Gasteiger charge is -2.28. The number of amides is 1. The van der Waals surface area contributed by atoms with Gasteiger partial charge in [0.15, 0.2) is 4.77 Å². The molecule has 6 nitrogen and oxygen atoms in total. The molecule has 31 heavy (non-hydrogen) atoms. The average Bonchev–Trinajstić information content (AvgIpc) is 3.45. The maximum atomic E-state index is 13.3. The molecule has 0 spiro atoms. The number of rotatable bonds is 7. The molecule has 162 valence electrons. The van der Waals surface area contributed by atoms with Crippen molar-refractivity contribution in [3.63, 3.8) is 0 Å². The molecule has 0 radical (unpaired) electrons. The zero-order chi connectivity index (χ0) is 21.8. The molecular formula is C23H25FN4O2S. The van der Waals surface area contributed by atoms with Gasteiger partial charge in [0.2, 0.25) is 0 Å². The average molecular weight is 441 g/mol. The minimum atomic E-state index is -0.343. The van der Waals surface area contributed by atoms with E-state index >= 15 is 0 Å². The topological polar surface area (TPSA) is 62.3 Å². The maximum Gasteiger partial charge on any atom is 0.269 e. The lowest BCUT2D eigenvalue weighted by Crippen LogP contribution is -2.37. The number of aromatic nitrogens is 2. The lowest BCUT2D eigenvalue weighted by molar-refractivity contribution is 0.0931. The van der Waals surface area contributed by atoms with E-state index in [4.69, 9.17) is 17.0 Å². The molecule has 1 aliphatic heterocycles. The van der Waals surface area contributed by atoms with E-state index in [0.29, 0.717) is 22.7 Å². The second-order valence-electron chi connectivity index (χ2n) is 7.53. The molecule has 3 aromatic rings. The van der Waals surface area contributed by atoms with Crippen molar-refractivity contribution in [2.45, 2.75) is 18.9 Å². The monoisotopic (exact) mass is 440 g/mol. The van der Waals surface area contributed by atoms with Gasteiger partial charge in [0.1, 0.15) is 17.3 Å². The number of nitrogens with zero attached hydrogens (tertiary/aromatic N) is 2. The third-order valence-electron chi connectivity index (χ3n) is 5.63. The van der Waals surface area contributed by atoms with Crippen LogP contribution in [0.25, 0.3) is 5.69 Å². The molecule has 2 N–H and O–H groups in total. The molecule has 0 bridgehead atoms. The van der Waals surface area contributed by atoms with Crippen LogP contribution < -0.4 is 10.1 Å². The molecule has 2 aromatic carbocycles. The number of hydrogen-bond donors (Lipinski definition) is 2. The van der Waals surface area contributed by atoms with E-state index in [-0.39, 0.29) is 17.8 Å². The van der Waals surface area contributed by atoms with Gasteiger partial charge in [-0.3, -0.25) is 14.3 Å². The number of nitrogens with one attached hydrogen (secondary N) is 2. The Morgan fingerprint density at radius 3 is 2.48 bits per heavy atom. The van der Waals surface area contributed by atoms with E-state index in [1.165, 1.54) is 12.1 Å². The molecule has 8 heteroatoms. The van der Waals surface area contributed by atoms with Crippen molar-refractivity contribution >= 4 is 18.1 Å². The van der Waals surface area contributed by atoms with Crippen molar-refractivity contribution in [3.8, 4) is 11.4 Å². The van der Waals surface area contributed by atoms with Gasteiger partial charge in [-0.05, 0) is 80.1 Å². The molecule has 1 amide bonds. The Morgan fingerprint density at radius 1 is 1.16 bits per heavy atom. The predicted octanol–water partition coefficient (Wildman–Crippen LogP) is 4.25. The van der Waals surface area contributed by atoms with Gasteiger partial charge in [0.05, 0.1) is 13.2 Å². The fourth-order valence-electron chi connectivity index (χ4n) is 4.00. The standard InChI is InChI=1S/C23H25FN4O2S/c1-30-19-10-4-16(5-11-19)20(27-12-2-3-13-27)14-25-22(29)21-15-26-23(31)28(21)18-8-6-17(24)7-9-18/h4-11,15,20H,2-3,12-14H2,1H3,(H,25,29)(H,26,31). The van der Waals surface area contributed by atoms with Crippen LogP contribution in [0, 0.1) is 10.6 Å². The number of benzene rings is 2. The molecule has 0 aliphatic carbocycles. The van der Waals surface area contributed by atoms with E-state index in [9.17, 15) is 9.18 Å². The van der Waals surface area contributed by atoms with Crippen LogP contribution >= 0.6 is 12.2 Å². The van der Waals surface area contributed by atoms with Gasteiger partial charge in [0, 0.05) is 18.4 Å². The summed E-state index contributed by atoms with van der Waals surface area (Å²) in [6.07, 6.45) is 3.89. The Morgan fingerprint density at radius 2 is 1.84 bits per heavy atom. The highest BCUT2D eigenvalue weighted by molar-refractivity contribution is 7.71. The largest absolute Gasteiger partial charge is 0.497 e. The first-order valence-electron chi connectivity index (χ1n) is 10.3. The summed E-state index contributed by atoms with van der Waals surface area (Å²) in [5.74, 6) is 0.220. The van der Waals surface area contributed by atoms with Crippen LogP contribution in [0.2, 0.25) is 0 Å². The van der Waals surface area contributed by atoms with Crippen molar-refractivity contribution in [2.24, 2.45) is 0 Å². The first-order valence-corrected chi connectivity index (χ1v) is 10.7. The van der Waals surface area contributed by atoms with E-state index < -0.39 is 0 Å². The van der Waals surface area contributed by atoms with Crippen molar-refractivity contribution in [1.29, 1.82) is 0 Å². The lowest BCUT2D eigenvalue weighted by atomic mass is 10.1. The Kier molecular flexibility index (Phi) is 6.48. The van der Waals surface area contributed by atoms with Crippen LogP contribution in [0.3, 0.4) is 0 Å². The van der Waals surface area contributed by atoms with Crippen LogP contribution in [-0.2, 0) is 0 Å². The number of methoxy groups -OCH3 is 1. The van der Waals surface area contributed by atoms with Crippen molar-refractivity contribution < 1.29 is 13.9 Å². The summed E-state index contributed by atoms with van der Waals surface area (Å²) in [5, 5.41) is 3.06. The van der Waals surface area contributed by atoms with Crippen LogP contribution in [0.1, 0.15) is 34.9 Å². The summed E-state index contributed by atoms with van der Waals surface area (Å²) in [5.41, 5.74) is 2.14. The zero-order valence-electron chi connectivity index (χ0n) is 17.3. The highest BCUT2D eigenvalue weighted by atomic mass is 32.1. The summed E-state index contributed by atoms with van der Waals surface area (Å²) in [6, 6.07) is 13.9. The Bertz CT molecular complexity index is 1090. The molecule has 1 atom stereocenters. The van der Waals surface area contributed by atoms with E-state index in [2.05, 4.69) is 15.2 Å². The Hall–Kier alpha value is -2.97. The van der Waals surface area contributed by atoms with Gasteiger partial charge >= 0.3 is 0 Å². The second kappa shape index (κ2) is 9.45. The molecule has 2 heterocycles. The zero-order valence-corrected chi connectivity index (χ0v) is 18.1. The number of carbonyl (C=O) groups is 1. The minimum Gasteiger partial charge on any atom is -0.497 e. The molecule has 1 saturated heterocycles. The number of H-pyrrole nitrogens is 1. The third kappa shape index (κ3) is 4.70. The highest BCUT2D eigenvalue weighted by Gasteiger charge is 2.25. The van der Waals surface area contributed by atoms with Crippen LogP contribution in [0.5, 0.6) is 5.75 Å². The van der Waals surface area contributed by atoms with E-state index in [0.717, 1.165) is 37.2 Å². The molecule has 4 rings (SSSR count). The Labute approximate surface area is 185 Å². The molecule has 1 fully saturated rings. The number of halogens is 1. The van der Waals surface area contributed by atoms with Gasteiger partial charge in [0.25, 0.3) is 5.91 Å². The molecule has 1 aliphatic rings. The summed E-state index contributed by atoms with van der Waals surface area (Å²) in [6.45, 7) is 2.47. The first-order chi connectivity index (χ1) is 15.1. The quantitative estimate of drug-likeness (QED) is 0.539. The predicted molar refractivity (Wildman–Crippen MR) is 120 cm³/mol. The highest BCUT2D eigenvalue weighted by Crippen LogP contribution is 2.26. The molecule has 0 saturated carbocycles. The summed E-state index contributed by atoms with van der Waals surface area (Å²) in [7, 11) is 1.65. The van der Waals surface area contributed by atoms with Crippen molar-refractivity contribution in [1.82, 2.24) is 19.8 Å². The van der Waals surface area contributed by atoms with Crippen molar-refractivity contribution in [2.75, 3.05) is 26.7 Å². The SMILES string of the molecule is COc1ccc(C(CNC(=O)c2c[nH]c(=S)n2-c2ccc(F)cc2)N2CCCC2)cc1. The number of hydrogen-bond acceptors (Lipinski definition) is 4. The number of ether oxygens (including phenoxy) is 1. The van der Waals surface area contributed by atoms with Crippen LogP contribution in [-0.4, -0.2) is 47.1 Å². The number of imidazole rings is 1. The van der Waals surface area contributed by atoms with Gasteiger partial charge in [-0.15, -0.1) is 0 Å². The molecule has 1 aromatic heterocycles. The normalized spacial score (nSPS) is 15.0. The van der Waals surface area contributed by atoms with Gasteiger partial charge in [-0.1, -0.05) is 12.1 Å². The summed E-state index contributed by atoms with van der Waals surface area (Å²) in [4.78, 5) is 18.4. The van der Waals surface area contributed by atoms with Gasteiger partial charge in [-0.2, -0.15) is 0 Å². The fourth-order valence-corrected chi connectivity index (χ4v) is 4.26. The molecular weight excluding hydrogens is 415 g/mol. The molecule has 1 unspecified atom stereocenters. The summed E-state index contributed by atoms with van der Waals surface area (Å²) < 4.78 is 20.6. The van der Waals surface area contributed by atoms with Crippen LogP contribution in [0.15, 0.2) is 54.7 Å². The number of likely N-dealkylation sites (tertiary alicyclic amines) is 1. The van der Waals surface area contributed by atoms with Crippen LogP contribution in [0.4, 0.5) is 4.39 Å². The number of aromatic amines is 1. The van der Waals surface area contributed by atoms with E-state index in [1.54, 1.807) is 30.0 Å². The van der Waals surface area contributed by atoms with Crippen molar-refractivity contribution in [3.05, 3.63) is 76.6 Å². The minimum absolute atomic E-state index is 0.0681. The maximum absolute atomic E-state index is 13.3. The second-order valence-corrected chi connectivity index (χ2v) is 7.92. The van der Waals surface area contributed by atoms with Gasteiger partial charge in [-0.25, -0.2) is 4.39 Å². The fraction of sp³-hybridized carbons (Fsp3) is 0.304. The van der Waals surface area contributed by atoms with Gasteiger partial charge < -0.3 is 15.0 Å². The third-order valence-corrected chi connectivity index (χ3v) is 5.93. The summed E-state index contributed by atoms with van der Waals surface area (Å²) >= 11 is 5.34. The smallest absolute Gasteiger partial charge is 0.269 e. The number of carbonyl (C=O) groups excluding carboxylic acids is 1. The Balaban J connectivity index is 1.54.